The second-order valence-electron chi connectivity index (χ2n) is 6.22. The molecule has 5 nitrogen and oxygen atoms in total. The zero-order chi connectivity index (χ0) is 18.6. The van der Waals surface area contributed by atoms with Gasteiger partial charge in [0.05, 0.1) is 25.8 Å². The molecule has 0 amide bonds. The number of allylic oxidation sites excluding steroid dienone is 1. The molecule has 0 aliphatic carbocycles. The van der Waals surface area contributed by atoms with Crippen LogP contribution in [0.4, 0.5) is 4.39 Å². The lowest BCUT2D eigenvalue weighted by Gasteiger charge is -2.34. The van der Waals surface area contributed by atoms with Gasteiger partial charge in [-0.05, 0) is 38.0 Å². The van der Waals surface area contributed by atoms with Gasteiger partial charge in [-0.25, -0.2) is 4.39 Å². The van der Waals surface area contributed by atoms with Crippen LogP contribution in [-0.2, 0) is 4.74 Å². The first-order chi connectivity index (χ1) is 12.7. The third-order valence-corrected chi connectivity index (χ3v) is 4.35. The molecule has 0 aromatic heterocycles. The molecule has 1 unspecified atom stereocenters. The summed E-state index contributed by atoms with van der Waals surface area (Å²) in [7, 11) is 0. The molecule has 0 radical (unpaired) electrons. The zero-order valence-electron chi connectivity index (χ0n) is 16.3. The molecule has 7 heteroatoms. The van der Waals surface area contributed by atoms with Crippen molar-refractivity contribution in [3.05, 3.63) is 47.8 Å². The number of ether oxygens (including phenoxy) is 1. The van der Waals surface area contributed by atoms with Gasteiger partial charge in [0.2, 0.25) is 0 Å². The third kappa shape index (κ3) is 8.57. The molecule has 27 heavy (non-hydrogen) atoms. The van der Waals surface area contributed by atoms with Gasteiger partial charge in [0.1, 0.15) is 5.82 Å². The standard InChI is InChI=1S/C20H31FN4O.HI/c1-3-5-6-11-23-20(22-4-2)24-16-19(25-12-14-26-15-13-25)17-7-9-18(21)10-8-17;/h3,5,7-10,19H,4,6,11-16H2,1-2H3,(H2,22,23,24);1H/b5-3+;. The Hall–Kier alpha value is -1.19. The lowest BCUT2D eigenvalue weighted by molar-refractivity contribution is 0.0179. The van der Waals surface area contributed by atoms with E-state index in [4.69, 9.17) is 9.73 Å². The summed E-state index contributed by atoms with van der Waals surface area (Å²) in [5.41, 5.74) is 1.09. The number of nitrogens with one attached hydrogen (secondary N) is 2. The van der Waals surface area contributed by atoms with Crippen LogP contribution in [0.3, 0.4) is 0 Å². The molecule has 2 N–H and O–H groups in total. The van der Waals surface area contributed by atoms with Crippen LogP contribution in [0, 0.1) is 5.82 Å². The minimum atomic E-state index is -0.211. The van der Waals surface area contributed by atoms with Crippen LogP contribution >= 0.6 is 24.0 Å². The smallest absolute Gasteiger partial charge is 0.191 e. The van der Waals surface area contributed by atoms with E-state index in [-0.39, 0.29) is 35.8 Å². The number of morpholine rings is 1. The van der Waals surface area contributed by atoms with Gasteiger partial charge in [0.25, 0.3) is 0 Å². The Bertz CT molecular complexity index is 574. The highest BCUT2D eigenvalue weighted by Gasteiger charge is 2.22. The number of hydrogen-bond acceptors (Lipinski definition) is 3. The number of nitrogens with zero attached hydrogens (tertiary/aromatic N) is 2. The lowest BCUT2D eigenvalue weighted by atomic mass is 10.0. The monoisotopic (exact) mass is 490 g/mol. The minimum absolute atomic E-state index is 0. The van der Waals surface area contributed by atoms with Crippen molar-refractivity contribution >= 4 is 29.9 Å². The second-order valence-corrected chi connectivity index (χ2v) is 6.22. The maximum Gasteiger partial charge on any atom is 0.191 e. The van der Waals surface area contributed by atoms with Gasteiger partial charge in [-0.3, -0.25) is 9.89 Å². The largest absolute Gasteiger partial charge is 0.379 e. The van der Waals surface area contributed by atoms with E-state index >= 15 is 0 Å². The number of rotatable bonds is 8. The maximum absolute atomic E-state index is 13.3. The second kappa shape index (κ2) is 13.9. The van der Waals surface area contributed by atoms with E-state index in [0.717, 1.165) is 57.3 Å². The highest BCUT2D eigenvalue weighted by Crippen LogP contribution is 2.22. The SMILES string of the molecule is C/C=C/CCNC(=NCC(c1ccc(F)cc1)N1CCOCC1)NCC.I. The highest BCUT2D eigenvalue weighted by molar-refractivity contribution is 14.0. The number of hydrogen-bond donors (Lipinski definition) is 2. The molecule has 1 fully saturated rings. The molecule has 1 heterocycles. The first-order valence-corrected chi connectivity index (χ1v) is 9.45. The number of aliphatic imine (C=N–C) groups is 1. The molecular weight excluding hydrogens is 458 g/mol. The van der Waals surface area contributed by atoms with Gasteiger partial charge in [0, 0.05) is 26.2 Å². The molecule has 1 aromatic carbocycles. The molecule has 1 aliphatic rings. The van der Waals surface area contributed by atoms with Gasteiger partial charge in [0.15, 0.2) is 5.96 Å². The van der Waals surface area contributed by atoms with Crippen LogP contribution in [-0.4, -0.2) is 56.8 Å². The van der Waals surface area contributed by atoms with E-state index in [9.17, 15) is 4.39 Å². The number of benzene rings is 1. The van der Waals surface area contributed by atoms with E-state index in [1.54, 1.807) is 0 Å². The van der Waals surface area contributed by atoms with Crippen LogP contribution < -0.4 is 10.6 Å². The quantitative estimate of drug-likeness (QED) is 0.193. The molecule has 1 aliphatic heterocycles. The Morgan fingerprint density at radius 1 is 1.26 bits per heavy atom. The summed E-state index contributed by atoms with van der Waals surface area (Å²) < 4.78 is 18.8. The Labute approximate surface area is 179 Å². The highest BCUT2D eigenvalue weighted by atomic mass is 127. The fourth-order valence-electron chi connectivity index (χ4n) is 2.97. The van der Waals surface area contributed by atoms with Crippen molar-refractivity contribution in [2.45, 2.75) is 26.3 Å². The van der Waals surface area contributed by atoms with Crippen molar-refractivity contribution in [2.75, 3.05) is 45.9 Å². The van der Waals surface area contributed by atoms with Crippen LogP contribution in [0.5, 0.6) is 0 Å². The van der Waals surface area contributed by atoms with Crippen molar-refractivity contribution in [3.8, 4) is 0 Å². The van der Waals surface area contributed by atoms with E-state index in [2.05, 4.69) is 34.6 Å². The molecule has 0 bridgehead atoms. The fraction of sp³-hybridized carbons (Fsp3) is 0.550. The molecule has 1 saturated heterocycles. The van der Waals surface area contributed by atoms with Crippen LogP contribution in [0.1, 0.15) is 31.9 Å². The van der Waals surface area contributed by atoms with Crippen molar-refractivity contribution in [3.63, 3.8) is 0 Å². The van der Waals surface area contributed by atoms with Gasteiger partial charge < -0.3 is 15.4 Å². The van der Waals surface area contributed by atoms with Gasteiger partial charge >= 0.3 is 0 Å². The Morgan fingerprint density at radius 2 is 1.96 bits per heavy atom. The molecule has 0 spiro atoms. The summed E-state index contributed by atoms with van der Waals surface area (Å²) in [4.78, 5) is 7.14. The van der Waals surface area contributed by atoms with Gasteiger partial charge in [-0.15, -0.1) is 24.0 Å². The van der Waals surface area contributed by atoms with Crippen molar-refractivity contribution < 1.29 is 9.13 Å². The normalized spacial score (nSPS) is 16.8. The Kier molecular flexibility index (Phi) is 12.3. The summed E-state index contributed by atoms with van der Waals surface area (Å²) in [6.45, 7) is 9.53. The average molecular weight is 490 g/mol. The summed E-state index contributed by atoms with van der Waals surface area (Å²) >= 11 is 0. The van der Waals surface area contributed by atoms with Crippen molar-refractivity contribution in [1.82, 2.24) is 15.5 Å². The zero-order valence-corrected chi connectivity index (χ0v) is 18.6. The Balaban J connectivity index is 0.00000364. The van der Waals surface area contributed by atoms with E-state index in [0.29, 0.717) is 6.54 Å². The van der Waals surface area contributed by atoms with Gasteiger partial charge in [-0.2, -0.15) is 0 Å². The first kappa shape index (κ1) is 23.8. The average Bonchev–Trinajstić information content (AvgIpc) is 2.67. The maximum atomic E-state index is 13.3. The summed E-state index contributed by atoms with van der Waals surface area (Å²) in [5, 5.41) is 6.65. The van der Waals surface area contributed by atoms with Crippen LogP contribution in [0.15, 0.2) is 41.4 Å². The molecular formula is C20H32FIN4O. The molecule has 1 aromatic rings. The fourth-order valence-corrected chi connectivity index (χ4v) is 2.97. The van der Waals surface area contributed by atoms with Crippen LogP contribution in [0.2, 0.25) is 0 Å². The van der Waals surface area contributed by atoms with Gasteiger partial charge in [-0.1, -0.05) is 24.3 Å². The van der Waals surface area contributed by atoms with Crippen LogP contribution in [0.25, 0.3) is 0 Å². The molecule has 0 saturated carbocycles. The first-order valence-electron chi connectivity index (χ1n) is 9.45. The number of halogens is 2. The number of guanidine groups is 1. The van der Waals surface area contributed by atoms with E-state index in [1.807, 2.05) is 19.1 Å². The molecule has 152 valence electrons. The Morgan fingerprint density at radius 3 is 2.59 bits per heavy atom. The molecule has 1 atom stereocenters. The predicted octanol–water partition coefficient (Wildman–Crippen LogP) is 3.34. The molecule has 2 rings (SSSR count). The summed E-state index contributed by atoms with van der Waals surface area (Å²) in [6, 6.07) is 6.87. The summed E-state index contributed by atoms with van der Waals surface area (Å²) in [5.74, 6) is 0.606. The predicted molar refractivity (Wildman–Crippen MR) is 120 cm³/mol. The van der Waals surface area contributed by atoms with E-state index in [1.165, 1.54) is 12.1 Å². The minimum Gasteiger partial charge on any atom is -0.379 e. The van der Waals surface area contributed by atoms with E-state index < -0.39 is 0 Å². The van der Waals surface area contributed by atoms with Crippen molar-refractivity contribution in [2.24, 2.45) is 4.99 Å². The van der Waals surface area contributed by atoms with Crippen molar-refractivity contribution in [1.29, 1.82) is 0 Å². The lowest BCUT2D eigenvalue weighted by Crippen LogP contribution is -2.42. The third-order valence-electron chi connectivity index (χ3n) is 4.35. The summed E-state index contributed by atoms with van der Waals surface area (Å²) in [6.07, 6.45) is 5.14. The topological polar surface area (TPSA) is 48.9 Å².